The maximum atomic E-state index is 12.7. The van der Waals surface area contributed by atoms with E-state index >= 15 is 0 Å². The summed E-state index contributed by atoms with van der Waals surface area (Å²) in [6.07, 6.45) is -1.48. The molecule has 0 saturated carbocycles. The van der Waals surface area contributed by atoms with Crippen molar-refractivity contribution in [1.29, 1.82) is 0 Å². The minimum absolute atomic E-state index is 0.0521. The van der Waals surface area contributed by atoms with Gasteiger partial charge in [-0.2, -0.15) is 8.78 Å². The first-order chi connectivity index (χ1) is 11.5. The Kier molecular flexibility index (Phi) is 4.39. The maximum Gasteiger partial charge on any atom is 0.314 e. The van der Waals surface area contributed by atoms with E-state index in [-0.39, 0.29) is 17.8 Å². The van der Waals surface area contributed by atoms with Gasteiger partial charge in [-0.15, -0.1) is 10.2 Å². The molecule has 0 amide bonds. The average molecular weight is 352 g/mol. The van der Waals surface area contributed by atoms with Crippen LogP contribution in [-0.4, -0.2) is 20.2 Å². The molecule has 2 aromatic heterocycles. The van der Waals surface area contributed by atoms with Crippen molar-refractivity contribution in [3.63, 3.8) is 0 Å². The lowest BCUT2D eigenvalue weighted by Crippen LogP contribution is -2.06. The highest BCUT2D eigenvalue weighted by molar-refractivity contribution is 6.30. The summed E-state index contributed by atoms with van der Waals surface area (Å²) in [4.78, 5) is 8.11. The largest absolute Gasteiger partial charge is 0.415 e. The van der Waals surface area contributed by atoms with Crippen LogP contribution in [0.5, 0.6) is 0 Å². The molecule has 1 atom stereocenters. The molecule has 0 aliphatic heterocycles. The molecule has 1 unspecified atom stereocenters. The Morgan fingerprint density at radius 1 is 1.25 bits per heavy atom. The van der Waals surface area contributed by atoms with Crippen LogP contribution in [0.1, 0.15) is 36.4 Å². The smallest absolute Gasteiger partial charge is 0.314 e. The van der Waals surface area contributed by atoms with Crippen LogP contribution in [0.15, 0.2) is 34.9 Å². The standard InChI is InChI=1S/C15H12ClF2N5O/c1-7(8-3-2-4-9(16)5-8)11-10(6-20-15(19)21-11)13-22-23-14(24-13)12(17)18/h2-7,12H,1H3,(H2,19,20,21). The van der Waals surface area contributed by atoms with E-state index in [1.54, 1.807) is 18.2 Å². The molecule has 9 heteroatoms. The Morgan fingerprint density at radius 2 is 2.04 bits per heavy atom. The fourth-order valence-corrected chi connectivity index (χ4v) is 2.47. The molecule has 124 valence electrons. The van der Waals surface area contributed by atoms with E-state index in [0.717, 1.165) is 5.56 Å². The van der Waals surface area contributed by atoms with Gasteiger partial charge in [0.1, 0.15) is 0 Å². The Morgan fingerprint density at radius 3 is 2.71 bits per heavy atom. The molecule has 0 aliphatic rings. The topological polar surface area (TPSA) is 90.7 Å². The van der Waals surface area contributed by atoms with Crippen LogP contribution in [0.4, 0.5) is 14.7 Å². The number of hydrogen-bond donors (Lipinski definition) is 1. The van der Waals surface area contributed by atoms with Gasteiger partial charge >= 0.3 is 6.43 Å². The number of rotatable bonds is 4. The lowest BCUT2D eigenvalue weighted by molar-refractivity contribution is 0.116. The Hall–Kier alpha value is -2.61. The van der Waals surface area contributed by atoms with Crippen molar-refractivity contribution in [3.05, 3.63) is 52.6 Å². The van der Waals surface area contributed by atoms with Gasteiger partial charge in [-0.1, -0.05) is 30.7 Å². The molecular weight excluding hydrogens is 340 g/mol. The third kappa shape index (κ3) is 3.18. The zero-order chi connectivity index (χ0) is 17.3. The summed E-state index contributed by atoms with van der Waals surface area (Å²) in [5.74, 6) is -1.04. The molecule has 24 heavy (non-hydrogen) atoms. The Bertz CT molecular complexity index is 871. The van der Waals surface area contributed by atoms with E-state index in [1.807, 2.05) is 13.0 Å². The van der Waals surface area contributed by atoms with Crippen LogP contribution in [0, 0.1) is 0 Å². The lowest BCUT2D eigenvalue weighted by atomic mass is 9.94. The molecule has 3 aromatic rings. The fraction of sp³-hybridized carbons (Fsp3) is 0.200. The third-order valence-electron chi connectivity index (χ3n) is 3.45. The van der Waals surface area contributed by atoms with E-state index in [2.05, 4.69) is 20.2 Å². The molecule has 0 fully saturated rings. The normalized spacial score (nSPS) is 12.5. The summed E-state index contributed by atoms with van der Waals surface area (Å²) < 4.78 is 30.3. The molecule has 0 saturated heterocycles. The first-order valence-electron chi connectivity index (χ1n) is 6.95. The number of halogens is 3. The SMILES string of the molecule is CC(c1cccc(Cl)c1)c1nc(N)ncc1-c1nnc(C(F)F)o1. The summed E-state index contributed by atoms with van der Waals surface area (Å²) in [5.41, 5.74) is 7.36. The van der Waals surface area contributed by atoms with Crippen LogP contribution in [0.3, 0.4) is 0 Å². The molecule has 0 spiro atoms. The highest BCUT2D eigenvalue weighted by Gasteiger charge is 2.23. The van der Waals surface area contributed by atoms with Crippen LogP contribution in [-0.2, 0) is 0 Å². The van der Waals surface area contributed by atoms with Crippen molar-refractivity contribution < 1.29 is 13.2 Å². The van der Waals surface area contributed by atoms with Gasteiger partial charge in [0.15, 0.2) is 0 Å². The van der Waals surface area contributed by atoms with Gasteiger partial charge in [-0.05, 0) is 17.7 Å². The van der Waals surface area contributed by atoms with Crippen molar-refractivity contribution in [2.24, 2.45) is 0 Å². The number of anilines is 1. The number of aromatic nitrogens is 4. The second-order valence-corrected chi connectivity index (χ2v) is 5.49. The summed E-state index contributed by atoms with van der Waals surface area (Å²) in [6.45, 7) is 1.88. The fourth-order valence-electron chi connectivity index (χ4n) is 2.27. The molecular formula is C15H12ClF2N5O. The number of benzene rings is 1. The van der Waals surface area contributed by atoms with Crippen molar-refractivity contribution >= 4 is 17.5 Å². The van der Waals surface area contributed by atoms with E-state index < -0.39 is 12.3 Å². The van der Waals surface area contributed by atoms with Gasteiger partial charge in [-0.3, -0.25) is 0 Å². The highest BCUT2D eigenvalue weighted by Crippen LogP contribution is 2.33. The number of hydrogen-bond acceptors (Lipinski definition) is 6. The van der Waals surface area contributed by atoms with Crippen LogP contribution >= 0.6 is 11.6 Å². The summed E-state index contributed by atoms with van der Waals surface area (Å²) in [7, 11) is 0. The number of nitrogens with zero attached hydrogens (tertiary/aromatic N) is 4. The van der Waals surface area contributed by atoms with Gasteiger partial charge in [-0.25, -0.2) is 9.97 Å². The predicted octanol–water partition coefficient (Wildman–Crippen LogP) is 3.85. The molecule has 2 N–H and O–H groups in total. The molecule has 3 rings (SSSR count). The van der Waals surface area contributed by atoms with Gasteiger partial charge in [0.2, 0.25) is 5.95 Å². The Labute approximate surface area is 140 Å². The van der Waals surface area contributed by atoms with E-state index in [9.17, 15) is 8.78 Å². The van der Waals surface area contributed by atoms with Crippen molar-refractivity contribution in [1.82, 2.24) is 20.2 Å². The third-order valence-corrected chi connectivity index (χ3v) is 3.69. The monoisotopic (exact) mass is 351 g/mol. The number of alkyl halides is 2. The van der Waals surface area contributed by atoms with Crippen LogP contribution < -0.4 is 5.73 Å². The molecule has 0 radical (unpaired) electrons. The Balaban J connectivity index is 2.08. The zero-order valence-corrected chi connectivity index (χ0v) is 13.2. The van der Waals surface area contributed by atoms with Gasteiger partial charge in [0.25, 0.3) is 11.8 Å². The summed E-state index contributed by atoms with van der Waals surface area (Å²) >= 11 is 6.02. The number of nitrogens with two attached hydrogens (primary N) is 1. The van der Waals surface area contributed by atoms with Crippen molar-refractivity contribution in [2.45, 2.75) is 19.3 Å². The van der Waals surface area contributed by atoms with Crippen molar-refractivity contribution in [3.8, 4) is 11.5 Å². The molecule has 0 bridgehead atoms. The lowest BCUT2D eigenvalue weighted by Gasteiger charge is -2.14. The first-order valence-corrected chi connectivity index (χ1v) is 7.33. The van der Waals surface area contributed by atoms with Gasteiger partial charge in [0.05, 0.1) is 11.3 Å². The minimum atomic E-state index is -2.85. The second-order valence-electron chi connectivity index (χ2n) is 5.05. The molecule has 6 nitrogen and oxygen atoms in total. The molecule has 0 aliphatic carbocycles. The van der Waals surface area contributed by atoms with Gasteiger partial charge in [0, 0.05) is 17.1 Å². The van der Waals surface area contributed by atoms with E-state index in [1.165, 1.54) is 6.20 Å². The zero-order valence-electron chi connectivity index (χ0n) is 12.4. The first kappa shape index (κ1) is 16.3. The average Bonchev–Trinajstić information content (AvgIpc) is 3.04. The van der Waals surface area contributed by atoms with E-state index in [4.69, 9.17) is 21.8 Å². The maximum absolute atomic E-state index is 12.7. The predicted molar refractivity (Wildman–Crippen MR) is 83.7 cm³/mol. The van der Waals surface area contributed by atoms with Crippen LogP contribution in [0.25, 0.3) is 11.5 Å². The van der Waals surface area contributed by atoms with Crippen LogP contribution in [0.2, 0.25) is 5.02 Å². The van der Waals surface area contributed by atoms with Gasteiger partial charge < -0.3 is 10.2 Å². The quantitative estimate of drug-likeness (QED) is 0.767. The highest BCUT2D eigenvalue weighted by atomic mass is 35.5. The molecule has 2 heterocycles. The van der Waals surface area contributed by atoms with E-state index in [0.29, 0.717) is 16.3 Å². The second kappa shape index (κ2) is 6.48. The summed E-state index contributed by atoms with van der Waals surface area (Å²) in [5, 5.41) is 7.55. The molecule has 1 aromatic carbocycles. The number of nitrogen functional groups attached to an aromatic ring is 1. The van der Waals surface area contributed by atoms with Crippen molar-refractivity contribution in [2.75, 3.05) is 5.73 Å². The minimum Gasteiger partial charge on any atom is -0.415 e. The summed E-state index contributed by atoms with van der Waals surface area (Å²) in [6, 6.07) is 7.21.